The zero-order valence-corrected chi connectivity index (χ0v) is 22.4. The number of para-hydroxylation sites is 1. The Morgan fingerprint density at radius 2 is 1.44 bits per heavy atom. The molecule has 0 amide bonds. The first-order valence-electron chi connectivity index (χ1n) is 14.5. The third kappa shape index (κ3) is 2.87. The monoisotopic (exact) mass is 523 g/mol. The Balaban J connectivity index is 1.29. The minimum atomic E-state index is 0.979. The highest BCUT2D eigenvalue weighted by Gasteiger charge is 2.26. The Kier molecular flexibility index (Phi) is 4.11. The van der Waals surface area contributed by atoms with Crippen LogP contribution >= 0.6 is 0 Å². The van der Waals surface area contributed by atoms with Gasteiger partial charge in [-0.1, -0.05) is 91.0 Å². The van der Waals surface area contributed by atoms with E-state index in [9.17, 15) is 0 Å². The molecule has 192 valence electrons. The van der Waals surface area contributed by atoms with Crippen LogP contribution in [-0.4, -0.2) is 4.98 Å². The van der Waals surface area contributed by atoms with Gasteiger partial charge in [-0.05, 0) is 87.4 Å². The van der Waals surface area contributed by atoms with Gasteiger partial charge in [0.15, 0.2) is 5.58 Å². The summed E-state index contributed by atoms with van der Waals surface area (Å²) < 4.78 is 6.82. The molecule has 0 spiro atoms. The summed E-state index contributed by atoms with van der Waals surface area (Å²) in [6.07, 6.45) is 5.51. The Morgan fingerprint density at radius 3 is 2.41 bits per heavy atom. The summed E-state index contributed by atoms with van der Waals surface area (Å²) >= 11 is 0. The highest BCUT2D eigenvalue weighted by molar-refractivity contribution is 6.27. The smallest absolute Gasteiger partial charge is 0.159 e. The normalized spacial score (nSPS) is 14.2. The van der Waals surface area contributed by atoms with Crippen LogP contribution in [0.3, 0.4) is 0 Å². The summed E-state index contributed by atoms with van der Waals surface area (Å²) in [6, 6.07) is 37.7. The SMILES string of the molecule is C1=C(c2ccc3c(c2)-c2ccccc2C3)CCc2c1c1c3ccccc3[nH]c1c1oc3c4ccccc4ccc3c21. The highest BCUT2D eigenvalue weighted by Crippen LogP contribution is 2.47. The van der Waals surface area contributed by atoms with Crippen LogP contribution in [-0.2, 0) is 12.8 Å². The molecule has 2 heterocycles. The molecule has 0 saturated heterocycles. The Labute approximate surface area is 236 Å². The van der Waals surface area contributed by atoms with Gasteiger partial charge in [0, 0.05) is 32.4 Å². The van der Waals surface area contributed by atoms with Gasteiger partial charge in [-0.25, -0.2) is 0 Å². The number of furan rings is 1. The molecule has 10 rings (SSSR count). The fourth-order valence-electron chi connectivity index (χ4n) is 7.65. The zero-order chi connectivity index (χ0) is 26.7. The van der Waals surface area contributed by atoms with E-state index in [2.05, 4.69) is 114 Å². The van der Waals surface area contributed by atoms with Crippen LogP contribution in [0.2, 0.25) is 0 Å². The van der Waals surface area contributed by atoms with Gasteiger partial charge in [0.2, 0.25) is 0 Å². The lowest BCUT2D eigenvalue weighted by Gasteiger charge is -2.20. The number of H-pyrrole nitrogens is 1. The van der Waals surface area contributed by atoms with Crippen molar-refractivity contribution in [2.75, 3.05) is 0 Å². The number of allylic oxidation sites excluding steroid dienone is 1. The van der Waals surface area contributed by atoms with E-state index >= 15 is 0 Å². The summed E-state index contributed by atoms with van der Waals surface area (Å²) in [7, 11) is 0. The summed E-state index contributed by atoms with van der Waals surface area (Å²) in [4.78, 5) is 3.76. The number of aromatic nitrogens is 1. The van der Waals surface area contributed by atoms with E-state index < -0.39 is 0 Å². The average molecular weight is 524 g/mol. The molecule has 0 radical (unpaired) electrons. The van der Waals surface area contributed by atoms with Crippen LogP contribution in [0.5, 0.6) is 0 Å². The van der Waals surface area contributed by atoms with Gasteiger partial charge < -0.3 is 9.40 Å². The average Bonchev–Trinajstić information content (AvgIpc) is 3.72. The van der Waals surface area contributed by atoms with Crippen LogP contribution in [0.4, 0.5) is 0 Å². The van der Waals surface area contributed by atoms with Crippen molar-refractivity contribution in [1.82, 2.24) is 4.98 Å². The molecule has 8 aromatic rings. The first-order valence-corrected chi connectivity index (χ1v) is 14.5. The summed E-state index contributed by atoms with van der Waals surface area (Å²) in [6.45, 7) is 0. The Bertz CT molecular complexity index is 2450. The largest absolute Gasteiger partial charge is 0.453 e. The number of fused-ring (bicyclic) bond motifs is 15. The van der Waals surface area contributed by atoms with Crippen molar-refractivity contribution in [3.8, 4) is 11.1 Å². The lowest BCUT2D eigenvalue weighted by Crippen LogP contribution is -2.01. The van der Waals surface area contributed by atoms with Gasteiger partial charge in [0.1, 0.15) is 5.58 Å². The molecule has 0 unspecified atom stereocenters. The maximum absolute atomic E-state index is 6.82. The fourth-order valence-corrected chi connectivity index (χ4v) is 7.65. The van der Waals surface area contributed by atoms with Crippen molar-refractivity contribution >= 4 is 66.2 Å². The first kappa shape index (κ1) is 21.7. The van der Waals surface area contributed by atoms with Crippen molar-refractivity contribution in [3.05, 3.63) is 131 Å². The molecule has 2 nitrogen and oxygen atoms in total. The lowest BCUT2D eigenvalue weighted by atomic mass is 9.83. The molecule has 2 aliphatic carbocycles. The fraction of sp³-hybridized carbons (Fsp3) is 0.0769. The summed E-state index contributed by atoms with van der Waals surface area (Å²) in [5.41, 5.74) is 15.3. The predicted molar refractivity (Wildman–Crippen MR) is 171 cm³/mol. The van der Waals surface area contributed by atoms with Crippen LogP contribution in [0.1, 0.15) is 34.2 Å². The van der Waals surface area contributed by atoms with Crippen LogP contribution < -0.4 is 0 Å². The van der Waals surface area contributed by atoms with Crippen LogP contribution in [0.25, 0.3) is 77.3 Å². The van der Waals surface area contributed by atoms with Gasteiger partial charge in [-0.2, -0.15) is 0 Å². The van der Waals surface area contributed by atoms with Crippen molar-refractivity contribution < 1.29 is 4.42 Å². The molecule has 1 N–H and O–H groups in total. The molecule has 0 atom stereocenters. The van der Waals surface area contributed by atoms with Crippen molar-refractivity contribution in [3.63, 3.8) is 0 Å². The number of hydrogen-bond acceptors (Lipinski definition) is 1. The van der Waals surface area contributed by atoms with E-state index in [4.69, 9.17) is 4.42 Å². The molecule has 0 fully saturated rings. The first-order chi connectivity index (χ1) is 20.3. The summed E-state index contributed by atoms with van der Waals surface area (Å²) in [5.74, 6) is 0. The molecule has 2 aromatic heterocycles. The molecule has 0 bridgehead atoms. The minimum absolute atomic E-state index is 0.979. The highest BCUT2D eigenvalue weighted by atomic mass is 16.3. The van der Waals surface area contributed by atoms with E-state index in [1.807, 2.05) is 0 Å². The topological polar surface area (TPSA) is 28.9 Å². The van der Waals surface area contributed by atoms with E-state index in [0.717, 1.165) is 41.5 Å². The molecule has 2 heteroatoms. The van der Waals surface area contributed by atoms with Gasteiger partial charge >= 0.3 is 0 Å². The molecule has 0 saturated carbocycles. The predicted octanol–water partition coefficient (Wildman–Crippen LogP) is 10.4. The second kappa shape index (κ2) is 7.77. The minimum Gasteiger partial charge on any atom is -0.453 e. The molecular weight excluding hydrogens is 498 g/mol. The van der Waals surface area contributed by atoms with Gasteiger partial charge in [0.25, 0.3) is 0 Å². The standard InChI is InChI=1S/C39H25NO/c1-4-10-28-22(7-1)15-18-31-36-29-17-16-24(23-13-14-26-19-25-8-2-3-9-27(25)32(26)20-23)21-33(29)35-30-11-5-6-12-34(30)40-37(35)39(36)41-38(28)31/h1-15,18,20-21,40H,16-17,19H2. The molecule has 2 aliphatic rings. The number of aryl methyl sites for hydroxylation is 1. The van der Waals surface area contributed by atoms with Crippen molar-refractivity contribution in [1.29, 1.82) is 0 Å². The van der Waals surface area contributed by atoms with E-state index in [1.54, 1.807) is 0 Å². The molecule has 41 heavy (non-hydrogen) atoms. The number of aromatic amines is 1. The van der Waals surface area contributed by atoms with Gasteiger partial charge in [-0.15, -0.1) is 0 Å². The second-order valence-corrected chi connectivity index (χ2v) is 11.7. The third-order valence-electron chi connectivity index (χ3n) is 9.54. The lowest BCUT2D eigenvalue weighted by molar-refractivity contribution is 0.675. The Morgan fingerprint density at radius 1 is 0.610 bits per heavy atom. The van der Waals surface area contributed by atoms with Crippen molar-refractivity contribution in [2.24, 2.45) is 0 Å². The summed E-state index contributed by atoms with van der Waals surface area (Å²) in [5, 5.41) is 7.38. The third-order valence-corrected chi connectivity index (χ3v) is 9.54. The number of hydrogen-bond donors (Lipinski definition) is 1. The van der Waals surface area contributed by atoms with Crippen molar-refractivity contribution in [2.45, 2.75) is 19.3 Å². The number of benzene rings is 6. The molecule has 0 aliphatic heterocycles. The quantitative estimate of drug-likeness (QED) is 0.228. The van der Waals surface area contributed by atoms with Crippen LogP contribution in [0, 0.1) is 0 Å². The molecular formula is C39H25NO. The van der Waals surface area contributed by atoms with Gasteiger partial charge in [0.05, 0.1) is 5.52 Å². The van der Waals surface area contributed by atoms with Gasteiger partial charge in [-0.3, -0.25) is 0 Å². The maximum Gasteiger partial charge on any atom is 0.159 e. The van der Waals surface area contributed by atoms with E-state index in [1.165, 1.54) is 76.8 Å². The molecule has 6 aromatic carbocycles. The van der Waals surface area contributed by atoms with Crippen LogP contribution in [0.15, 0.2) is 108 Å². The second-order valence-electron chi connectivity index (χ2n) is 11.7. The maximum atomic E-state index is 6.82. The van der Waals surface area contributed by atoms with E-state index in [0.29, 0.717) is 0 Å². The zero-order valence-electron chi connectivity index (χ0n) is 22.4. The number of nitrogens with one attached hydrogen (secondary N) is 1. The number of rotatable bonds is 1. The van der Waals surface area contributed by atoms with E-state index in [-0.39, 0.29) is 0 Å². The Hall–Kier alpha value is -5.08.